The standard InChI is InChI=1S/C16H15FN2O2/c1-10-13-9-11(17)3-6-15(13)21-16(10)14(20)5-4-12-7-8-18-19(12)2/h3,6-9H,4-5H2,1-2H3. The minimum Gasteiger partial charge on any atom is -0.453 e. The summed E-state index contributed by atoms with van der Waals surface area (Å²) in [6, 6.07) is 6.16. The molecule has 0 bridgehead atoms. The Morgan fingerprint density at radius 3 is 2.90 bits per heavy atom. The Balaban J connectivity index is 1.84. The Kier molecular flexibility index (Phi) is 3.33. The number of aromatic nitrogens is 2. The number of benzene rings is 1. The van der Waals surface area contributed by atoms with Gasteiger partial charge in [0.1, 0.15) is 11.4 Å². The SMILES string of the molecule is Cc1c(C(=O)CCc2ccnn2C)oc2ccc(F)cc12. The average molecular weight is 286 g/mol. The molecule has 2 aromatic heterocycles. The highest BCUT2D eigenvalue weighted by Gasteiger charge is 2.18. The summed E-state index contributed by atoms with van der Waals surface area (Å²) < 4.78 is 20.6. The maximum absolute atomic E-state index is 13.3. The lowest BCUT2D eigenvalue weighted by atomic mass is 10.1. The Bertz CT molecular complexity index is 817. The molecular formula is C16H15FN2O2. The quantitative estimate of drug-likeness (QED) is 0.690. The lowest BCUT2D eigenvalue weighted by Gasteiger charge is -2.01. The summed E-state index contributed by atoms with van der Waals surface area (Å²) in [5.74, 6) is -0.0941. The Hall–Kier alpha value is -2.43. The van der Waals surface area contributed by atoms with Crippen molar-refractivity contribution in [1.82, 2.24) is 9.78 Å². The van der Waals surface area contributed by atoms with Crippen LogP contribution in [0.4, 0.5) is 4.39 Å². The molecule has 0 amide bonds. The minimum absolute atomic E-state index is 0.0784. The van der Waals surface area contributed by atoms with Crippen molar-refractivity contribution in [2.45, 2.75) is 19.8 Å². The Morgan fingerprint density at radius 1 is 1.38 bits per heavy atom. The summed E-state index contributed by atoms with van der Waals surface area (Å²) in [6.45, 7) is 1.78. The molecule has 0 N–H and O–H groups in total. The fourth-order valence-corrected chi connectivity index (χ4v) is 2.46. The molecule has 0 spiro atoms. The monoisotopic (exact) mass is 286 g/mol. The molecule has 0 aliphatic rings. The predicted octanol–water partition coefficient (Wildman–Crippen LogP) is 3.43. The van der Waals surface area contributed by atoms with E-state index in [-0.39, 0.29) is 11.6 Å². The van der Waals surface area contributed by atoms with Gasteiger partial charge >= 0.3 is 0 Å². The van der Waals surface area contributed by atoms with Crippen molar-refractivity contribution in [3.05, 3.63) is 53.3 Å². The predicted molar refractivity (Wildman–Crippen MR) is 76.8 cm³/mol. The summed E-state index contributed by atoms with van der Waals surface area (Å²) in [4.78, 5) is 12.3. The molecule has 2 heterocycles. The summed E-state index contributed by atoms with van der Waals surface area (Å²) in [5.41, 5.74) is 2.22. The topological polar surface area (TPSA) is 48.0 Å². The second-order valence-electron chi connectivity index (χ2n) is 5.07. The molecule has 4 nitrogen and oxygen atoms in total. The van der Waals surface area contributed by atoms with E-state index in [0.717, 1.165) is 5.69 Å². The first kappa shape index (κ1) is 13.5. The number of furan rings is 1. The number of rotatable bonds is 4. The van der Waals surface area contributed by atoms with Crippen LogP contribution in [0.15, 0.2) is 34.9 Å². The molecule has 0 radical (unpaired) electrons. The van der Waals surface area contributed by atoms with E-state index in [1.807, 2.05) is 13.1 Å². The van der Waals surface area contributed by atoms with Gasteiger partial charge in [-0.1, -0.05) is 0 Å². The van der Waals surface area contributed by atoms with Gasteiger partial charge in [0.05, 0.1) is 0 Å². The van der Waals surface area contributed by atoms with E-state index in [2.05, 4.69) is 5.10 Å². The molecule has 0 fully saturated rings. The first-order valence-electron chi connectivity index (χ1n) is 6.75. The van der Waals surface area contributed by atoms with Gasteiger partial charge in [-0.25, -0.2) is 4.39 Å². The van der Waals surface area contributed by atoms with E-state index in [1.54, 1.807) is 23.9 Å². The zero-order valence-corrected chi connectivity index (χ0v) is 11.9. The van der Waals surface area contributed by atoms with E-state index in [4.69, 9.17) is 4.42 Å². The lowest BCUT2D eigenvalue weighted by Crippen LogP contribution is -2.04. The van der Waals surface area contributed by atoms with Crippen molar-refractivity contribution in [2.75, 3.05) is 0 Å². The highest BCUT2D eigenvalue weighted by atomic mass is 19.1. The summed E-state index contributed by atoms with van der Waals surface area (Å²) >= 11 is 0. The number of hydrogen-bond donors (Lipinski definition) is 0. The smallest absolute Gasteiger partial charge is 0.198 e. The Labute approximate surface area is 121 Å². The van der Waals surface area contributed by atoms with Crippen molar-refractivity contribution < 1.29 is 13.6 Å². The van der Waals surface area contributed by atoms with E-state index >= 15 is 0 Å². The molecule has 3 rings (SSSR count). The third-order valence-corrected chi connectivity index (χ3v) is 3.68. The van der Waals surface area contributed by atoms with Crippen molar-refractivity contribution in [1.29, 1.82) is 0 Å². The molecule has 0 saturated carbocycles. The van der Waals surface area contributed by atoms with Gasteiger partial charge in [-0.2, -0.15) is 5.10 Å². The number of carbonyl (C=O) groups is 1. The van der Waals surface area contributed by atoms with Gasteiger partial charge in [-0.05, 0) is 37.6 Å². The van der Waals surface area contributed by atoms with Crippen LogP contribution in [0.2, 0.25) is 0 Å². The number of carbonyl (C=O) groups excluding carboxylic acids is 1. The van der Waals surface area contributed by atoms with Crippen molar-refractivity contribution >= 4 is 16.8 Å². The van der Waals surface area contributed by atoms with Crippen LogP contribution < -0.4 is 0 Å². The molecular weight excluding hydrogens is 271 g/mol. The number of nitrogens with zero attached hydrogens (tertiary/aromatic N) is 2. The first-order valence-corrected chi connectivity index (χ1v) is 6.75. The average Bonchev–Trinajstić information content (AvgIpc) is 3.01. The molecule has 1 aromatic carbocycles. The Morgan fingerprint density at radius 2 is 2.19 bits per heavy atom. The number of halogens is 1. The second-order valence-corrected chi connectivity index (χ2v) is 5.07. The first-order chi connectivity index (χ1) is 10.1. The van der Waals surface area contributed by atoms with E-state index in [0.29, 0.717) is 35.1 Å². The van der Waals surface area contributed by atoms with E-state index < -0.39 is 0 Å². The second kappa shape index (κ2) is 5.16. The van der Waals surface area contributed by atoms with Crippen LogP contribution in [0, 0.1) is 12.7 Å². The van der Waals surface area contributed by atoms with Crippen LogP contribution in [0.5, 0.6) is 0 Å². The number of hydrogen-bond acceptors (Lipinski definition) is 3. The largest absolute Gasteiger partial charge is 0.453 e. The van der Waals surface area contributed by atoms with Crippen LogP contribution >= 0.6 is 0 Å². The fourth-order valence-electron chi connectivity index (χ4n) is 2.46. The molecule has 0 saturated heterocycles. The lowest BCUT2D eigenvalue weighted by molar-refractivity contribution is 0.0956. The van der Waals surface area contributed by atoms with Crippen molar-refractivity contribution in [3.63, 3.8) is 0 Å². The third kappa shape index (κ3) is 2.46. The third-order valence-electron chi connectivity index (χ3n) is 3.68. The number of ketones is 1. The maximum Gasteiger partial charge on any atom is 0.198 e. The highest BCUT2D eigenvalue weighted by Crippen LogP contribution is 2.27. The van der Waals surface area contributed by atoms with Crippen molar-refractivity contribution in [2.24, 2.45) is 7.05 Å². The molecule has 0 aliphatic heterocycles. The van der Waals surface area contributed by atoms with Crippen LogP contribution in [0.25, 0.3) is 11.0 Å². The number of aryl methyl sites for hydroxylation is 3. The van der Waals surface area contributed by atoms with Gasteiger partial charge in [0.15, 0.2) is 11.5 Å². The van der Waals surface area contributed by atoms with Gasteiger partial charge in [0, 0.05) is 36.3 Å². The zero-order chi connectivity index (χ0) is 15.0. The molecule has 0 aliphatic carbocycles. The van der Waals surface area contributed by atoms with Crippen LogP contribution in [-0.2, 0) is 13.5 Å². The van der Waals surface area contributed by atoms with E-state index in [9.17, 15) is 9.18 Å². The molecule has 0 atom stereocenters. The fraction of sp³-hybridized carbons (Fsp3) is 0.250. The van der Waals surface area contributed by atoms with Gasteiger partial charge in [-0.15, -0.1) is 0 Å². The normalized spacial score (nSPS) is 11.2. The summed E-state index contributed by atoms with van der Waals surface area (Å²) in [6.07, 6.45) is 2.64. The van der Waals surface area contributed by atoms with E-state index in [1.165, 1.54) is 12.1 Å². The molecule has 0 unspecified atom stereocenters. The molecule has 3 aromatic rings. The number of Topliss-reactive ketones (excluding diaryl/α,β-unsaturated/α-hetero) is 1. The van der Waals surface area contributed by atoms with Gasteiger partial charge in [-0.3, -0.25) is 9.48 Å². The highest BCUT2D eigenvalue weighted by molar-refractivity contribution is 6.00. The van der Waals surface area contributed by atoms with Gasteiger partial charge in [0.2, 0.25) is 0 Å². The zero-order valence-electron chi connectivity index (χ0n) is 11.9. The van der Waals surface area contributed by atoms with Gasteiger partial charge in [0.25, 0.3) is 0 Å². The van der Waals surface area contributed by atoms with Crippen LogP contribution in [0.3, 0.4) is 0 Å². The minimum atomic E-state index is -0.333. The van der Waals surface area contributed by atoms with Crippen LogP contribution in [-0.4, -0.2) is 15.6 Å². The molecule has 5 heteroatoms. The van der Waals surface area contributed by atoms with Crippen LogP contribution in [0.1, 0.15) is 28.2 Å². The maximum atomic E-state index is 13.3. The number of fused-ring (bicyclic) bond motifs is 1. The molecule has 108 valence electrons. The van der Waals surface area contributed by atoms with Crippen molar-refractivity contribution in [3.8, 4) is 0 Å². The summed E-state index contributed by atoms with van der Waals surface area (Å²) in [5, 5.41) is 4.72. The molecule has 21 heavy (non-hydrogen) atoms. The van der Waals surface area contributed by atoms with Gasteiger partial charge < -0.3 is 4.42 Å². The summed E-state index contributed by atoms with van der Waals surface area (Å²) in [7, 11) is 1.84.